The quantitative estimate of drug-likeness (QED) is 0.517. The van der Waals surface area contributed by atoms with Crippen LogP contribution in [-0.2, 0) is 21.8 Å². The Balaban J connectivity index is 2.47. The van der Waals surface area contributed by atoms with Gasteiger partial charge in [0.05, 0.1) is 6.61 Å². The Bertz CT molecular complexity index is 474. The van der Waals surface area contributed by atoms with E-state index >= 15 is 0 Å². The fourth-order valence-corrected chi connectivity index (χ4v) is 3.13. The van der Waals surface area contributed by atoms with E-state index in [1.54, 1.807) is 19.2 Å². The van der Waals surface area contributed by atoms with E-state index in [4.69, 9.17) is 4.74 Å². The fourth-order valence-electron chi connectivity index (χ4n) is 1.61. The zero-order valence-electron chi connectivity index (χ0n) is 12.0. The molecule has 112 valence electrons. The third kappa shape index (κ3) is 6.52. The molecule has 0 aromatic carbocycles. The lowest BCUT2D eigenvalue weighted by Gasteiger charge is -2.07. The molecule has 0 amide bonds. The van der Waals surface area contributed by atoms with Crippen LogP contribution in [0.1, 0.15) is 18.9 Å². The maximum atomic E-state index is 11.9. The van der Waals surface area contributed by atoms with Crippen molar-refractivity contribution in [2.75, 3.05) is 24.4 Å². The summed E-state index contributed by atoms with van der Waals surface area (Å²) in [6, 6.07) is 3.49. The van der Waals surface area contributed by atoms with Crippen LogP contribution in [0, 0.1) is 0 Å². The first-order chi connectivity index (χ1) is 9.67. The summed E-state index contributed by atoms with van der Waals surface area (Å²) in [5, 5.41) is 0. The predicted molar refractivity (Wildman–Crippen MR) is 86.5 cm³/mol. The predicted octanol–water partition coefficient (Wildman–Crippen LogP) is 2.40. The standard InChI is InChI=1S/C14H21NO3S2/c1-3-18-14(17)10-15-6-5-12(9-13(15)16)11-20-8-4-7-19-2/h5-6,9H,3-4,7-8,10-11H2,1-2H3. The SMILES string of the molecule is CCOC(=O)Cn1ccc(CSCCCSC)cc1=O. The Kier molecular flexibility index (Phi) is 8.53. The Morgan fingerprint density at radius 2 is 2.20 bits per heavy atom. The lowest BCUT2D eigenvalue weighted by molar-refractivity contribution is -0.143. The number of carbonyl (C=O) groups excluding carboxylic acids is 1. The van der Waals surface area contributed by atoms with Crippen molar-refractivity contribution in [1.82, 2.24) is 4.57 Å². The van der Waals surface area contributed by atoms with Crippen LogP contribution in [0.3, 0.4) is 0 Å². The maximum Gasteiger partial charge on any atom is 0.326 e. The number of pyridine rings is 1. The van der Waals surface area contributed by atoms with Crippen molar-refractivity contribution < 1.29 is 9.53 Å². The summed E-state index contributed by atoms with van der Waals surface area (Å²) < 4.78 is 6.20. The van der Waals surface area contributed by atoms with Crippen molar-refractivity contribution in [2.24, 2.45) is 0 Å². The number of aromatic nitrogens is 1. The first kappa shape index (κ1) is 17.2. The summed E-state index contributed by atoms with van der Waals surface area (Å²) in [6.45, 7) is 2.06. The van der Waals surface area contributed by atoms with Gasteiger partial charge < -0.3 is 9.30 Å². The normalized spacial score (nSPS) is 10.5. The molecule has 6 heteroatoms. The molecular formula is C14H21NO3S2. The second kappa shape index (κ2) is 9.94. The van der Waals surface area contributed by atoms with Crippen LogP contribution >= 0.6 is 23.5 Å². The third-order valence-corrected chi connectivity index (χ3v) is 4.38. The van der Waals surface area contributed by atoms with Crippen LogP contribution in [0.4, 0.5) is 0 Å². The molecule has 0 fully saturated rings. The van der Waals surface area contributed by atoms with Gasteiger partial charge in [0.2, 0.25) is 0 Å². The van der Waals surface area contributed by atoms with E-state index in [1.807, 2.05) is 29.6 Å². The number of rotatable bonds is 9. The van der Waals surface area contributed by atoms with Gasteiger partial charge in [0.15, 0.2) is 0 Å². The van der Waals surface area contributed by atoms with Gasteiger partial charge in [-0.1, -0.05) is 0 Å². The Morgan fingerprint density at radius 3 is 2.85 bits per heavy atom. The number of esters is 1. The smallest absolute Gasteiger partial charge is 0.326 e. The molecule has 1 rings (SSSR count). The van der Waals surface area contributed by atoms with Crippen LogP contribution in [0.25, 0.3) is 0 Å². The van der Waals surface area contributed by atoms with Gasteiger partial charge in [-0.05, 0) is 42.7 Å². The number of carbonyl (C=O) groups is 1. The molecule has 1 aromatic heterocycles. The number of ether oxygens (including phenoxy) is 1. The largest absolute Gasteiger partial charge is 0.465 e. The maximum absolute atomic E-state index is 11.9. The molecule has 0 unspecified atom stereocenters. The monoisotopic (exact) mass is 315 g/mol. The highest BCUT2D eigenvalue weighted by atomic mass is 32.2. The second-order valence-electron chi connectivity index (χ2n) is 4.21. The van der Waals surface area contributed by atoms with E-state index in [0.29, 0.717) is 6.61 Å². The van der Waals surface area contributed by atoms with Gasteiger partial charge in [-0.2, -0.15) is 23.5 Å². The zero-order valence-corrected chi connectivity index (χ0v) is 13.6. The van der Waals surface area contributed by atoms with E-state index in [1.165, 1.54) is 16.7 Å². The molecule has 0 saturated heterocycles. The minimum atomic E-state index is -0.381. The fraction of sp³-hybridized carbons (Fsp3) is 0.571. The topological polar surface area (TPSA) is 48.3 Å². The number of nitrogens with zero attached hydrogens (tertiary/aromatic N) is 1. The van der Waals surface area contributed by atoms with Crippen LogP contribution in [0.5, 0.6) is 0 Å². The van der Waals surface area contributed by atoms with Crippen molar-refractivity contribution in [3.05, 3.63) is 34.2 Å². The molecule has 0 aliphatic rings. The molecule has 0 aliphatic heterocycles. The third-order valence-electron chi connectivity index (χ3n) is 2.57. The molecule has 1 heterocycles. The molecule has 0 saturated carbocycles. The Hall–Kier alpha value is -0.880. The summed E-state index contributed by atoms with van der Waals surface area (Å²) in [5.74, 6) is 2.74. The average Bonchev–Trinajstić information content (AvgIpc) is 2.42. The van der Waals surface area contributed by atoms with Crippen molar-refractivity contribution in [2.45, 2.75) is 25.6 Å². The first-order valence-corrected chi connectivity index (χ1v) is 9.14. The molecule has 0 N–H and O–H groups in total. The number of hydrogen-bond donors (Lipinski definition) is 0. The van der Waals surface area contributed by atoms with E-state index in [-0.39, 0.29) is 18.1 Å². The first-order valence-electron chi connectivity index (χ1n) is 6.59. The van der Waals surface area contributed by atoms with E-state index in [9.17, 15) is 9.59 Å². The Morgan fingerprint density at radius 1 is 1.40 bits per heavy atom. The number of hydrogen-bond acceptors (Lipinski definition) is 5. The van der Waals surface area contributed by atoms with Gasteiger partial charge in [-0.3, -0.25) is 9.59 Å². The van der Waals surface area contributed by atoms with Gasteiger partial charge in [0, 0.05) is 18.0 Å². The average molecular weight is 315 g/mol. The van der Waals surface area contributed by atoms with Crippen LogP contribution in [0.15, 0.2) is 23.1 Å². The summed E-state index contributed by atoms with van der Waals surface area (Å²) in [6.07, 6.45) is 4.96. The Labute approximate surface area is 128 Å². The summed E-state index contributed by atoms with van der Waals surface area (Å²) in [5.41, 5.74) is 0.851. The highest BCUT2D eigenvalue weighted by molar-refractivity contribution is 7.99. The minimum absolute atomic E-state index is 0.0200. The van der Waals surface area contributed by atoms with Gasteiger partial charge in [0.25, 0.3) is 5.56 Å². The molecule has 0 spiro atoms. The van der Waals surface area contributed by atoms with Gasteiger partial charge in [-0.15, -0.1) is 0 Å². The highest BCUT2D eigenvalue weighted by Gasteiger charge is 2.05. The molecule has 0 aliphatic carbocycles. The zero-order chi connectivity index (χ0) is 14.8. The van der Waals surface area contributed by atoms with Gasteiger partial charge >= 0.3 is 5.97 Å². The van der Waals surface area contributed by atoms with E-state index in [2.05, 4.69) is 6.26 Å². The molecule has 0 atom stereocenters. The van der Waals surface area contributed by atoms with Crippen molar-refractivity contribution >= 4 is 29.5 Å². The van der Waals surface area contributed by atoms with Gasteiger partial charge in [-0.25, -0.2) is 0 Å². The molecule has 1 aromatic rings. The molecule has 20 heavy (non-hydrogen) atoms. The summed E-state index contributed by atoms with van der Waals surface area (Å²) in [7, 11) is 0. The lowest BCUT2D eigenvalue weighted by Crippen LogP contribution is -2.24. The molecular weight excluding hydrogens is 294 g/mol. The van der Waals surface area contributed by atoms with Crippen molar-refractivity contribution in [1.29, 1.82) is 0 Å². The minimum Gasteiger partial charge on any atom is -0.465 e. The highest BCUT2D eigenvalue weighted by Crippen LogP contribution is 2.12. The lowest BCUT2D eigenvalue weighted by atomic mass is 10.3. The van der Waals surface area contributed by atoms with Crippen molar-refractivity contribution in [3.63, 3.8) is 0 Å². The van der Waals surface area contributed by atoms with E-state index < -0.39 is 0 Å². The van der Waals surface area contributed by atoms with Crippen LogP contribution < -0.4 is 5.56 Å². The van der Waals surface area contributed by atoms with Crippen LogP contribution in [-0.4, -0.2) is 34.9 Å². The molecule has 0 bridgehead atoms. The second-order valence-corrected chi connectivity index (χ2v) is 6.30. The molecule has 4 nitrogen and oxygen atoms in total. The van der Waals surface area contributed by atoms with Gasteiger partial charge in [0.1, 0.15) is 6.54 Å². The van der Waals surface area contributed by atoms with Crippen LogP contribution in [0.2, 0.25) is 0 Å². The number of thioether (sulfide) groups is 2. The summed E-state index contributed by atoms with van der Waals surface area (Å²) in [4.78, 5) is 23.2. The summed E-state index contributed by atoms with van der Waals surface area (Å²) >= 11 is 3.68. The van der Waals surface area contributed by atoms with E-state index in [0.717, 1.165) is 17.1 Å². The molecule has 0 radical (unpaired) electrons. The van der Waals surface area contributed by atoms with Crippen molar-refractivity contribution in [3.8, 4) is 0 Å².